The highest BCUT2D eigenvalue weighted by molar-refractivity contribution is 7.13. The van der Waals surface area contributed by atoms with Crippen LogP contribution in [0.4, 0.5) is 0 Å². The Morgan fingerprint density at radius 2 is 1.96 bits per heavy atom. The summed E-state index contributed by atoms with van der Waals surface area (Å²) in [6, 6.07) is 10.8. The summed E-state index contributed by atoms with van der Waals surface area (Å²) in [6.07, 6.45) is 0. The lowest BCUT2D eigenvalue weighted by Crippen LogP contribution is -2.30. The predicted octanol–water partition coefficient (Wildman–Crippen LogP) is 4.00. The Morgan fingerprint density at radius 3 is 2.68 bits per heavy atom. The third kappa shape index (κ3) is 4.88. The standard InChI is InChI=1S/C17H13ClN2O3S2/c18-12-5-3-11(4-6-12)17-20-13(10-25-17)9-23-15(21)8-19-16(22)14-2-1-7-24-14/h1-7,10H,8-9H2,(H,19,22). The first-order valence-electron chi connectivity index (χ1n) is 7.29. The molecule has 128 valence electrons. The number of hydrogen-bond donors (Lipinski definition) is 1. The van der Waals surface area contributed by atoms with Gasteiger partial charge in [-0.15, -0.1) is 22.7 Å². The van der Waals surface area contributed by atoms with Gasteiger partial charge in [0.15, 0.2) is 0 Å². The Kier molecular flexibility index (Phi) is 5.80. The van der Waals surface area contributed by atoms with Crippen LogP contribution in [0, 0.1) is 0 Å². The highest BCUT2D eigenvalue weighted by Gasteiger charge is 2.11. The molecule has 0 atom stereocenters. The van der Waals surface area contributed by atoms with E-state index in [1.54, 1.807) is 29.6 Å². The van der Waals surface area contributed by atoms with Crippen LogP contribution in [-0.2, 0) is 16.1 Å². The number of carbonyl (C=O) groups excluding carboxylic acids is 2. The van der Waals surface area contributed by atoms with Crippen molar-refractivity contribution in [2.24, 2.45) is 0 Å². The smallest absolute Gasteiger partial charge is 0.325 e. The summed E-state index contributed by atoms with van der Waals surface area (Å²) in [5, 5.41) is 7.65. The number of esters is 1. The first-order chi connectivity index (χ1) is 12.1. The molecule has 0 radical (unpaired) electrons. The Morgan fingerprint density at radius 1 is 1.16 bits per heavy atom. The zero-order valence-corrected chi connectivity index (χ0v) is 15.3. The lowest BCUT2D eigenvalue weighted by atomic mass is 10.2. The molecule has 1 N–H and O–H groups in total. The van der Waals surface area contributed by atoms with Gasteiger partial charge in [-0.2, -0.15) is 0 Å². The van der Waals surface area contributed by atoms with Crippen molar-refractivity contribution >= 4 is 46.2 Å². The zero-order valence-electron chi connectivity index (χ0n) is 12.9. The second kappa shape index (κ2) is 8.24. The summed E-state index contributed by atoms with van der Waals surface area (Å²) >= 11 is 8.65. The number of benzene rings is 1. The van der Waals surface area contributed by atoms with Crippen LogP contribution in [0.2, 0.25) is 5.02 Å². The lowest BCUT2D eigenvalue weighted by molar-refractivity contribution is -0.143. The molecule has 8 heteroatoms. The van der Waals surface area contributed by atoms with Crippen molar-refractivity contribution in [3.05, 3.63) is 62.8 Å². The summed E-state index contributed by atoms with van der Waals surface area (Å²) in [7, 11) is 0. The normalized spacial score (nSPS) is 10.4. The van der Waals surface area contributed by atoms with Crippen molar-refractivity contribution < 1.29 is 14.3 Å². The predicted molar refractivity (Wildman–Crippen MR) is 99.0 cm³/mol. The number of thiazole rings is 1. The Hall–Kier alpha value is -2.22. The molecule has 0 aliphatic rings. The Balaban J connectivity index is 1.48. The Bertz CT molecular complexity index is 860. The average molecular weight is 393 g/mol. The molecule has 3 aromatic rings. The molecule has 0 saturated carbocycles. The second-order valence-corrected chi connectivity index (χ2v) is 7.21. The minimum atomic E-state index is -0.508. The molecule has 0 fully saturated rings. The van der Waals surface area contributed by atoms with E-state index in [1.165, 1.54) is 22.7 Å². The number of amides is 1. The number of nitrogens with zero attached hydrogens (tertiary/aromatic N) is 1. The van der Waals surface area contributed by atoms with E-state index in [-0.39, 0.29) is 19.1 Å². The quantitative estimate of drug-likeness (QED) is 0.644. The SMILES string of the molecule is O=C(CNC(=O)c1cccs1)OCc1csc(-c2ccc(Cl)cc2)n1. The summed E-state index contributed by atoms with van der Waals surface area (Å²) in [4.78, 5) is 28.5. The van der Waals surface area contributed by atoms with Crippen LogP contribution in [0.5, 0.6) is 0 Å². The van der Waals surface area contributed by atoms with E-state index in [0.29, 0.717) is 15.6 Å². The van der Waals surface area contributed by atoms with Crippen molar-refractivity contribution in [1.29, 1.82) is 0 Å². The van der Waals surface area contributed by atoms with Crippen molar-refractivity contribution in [3.8, 4) is 10.6 Å². The van der Waals surface area contributed by atoms with Gasteiger partial charge in [-0.3, -0.25) is 9.59 Å². The maximum Gasteiger partial charge on any atom is 0.325 e. The maximum absolute atomic E-state index is 11.7. The van der Waals surface area contributed by atoms with Gasteiger partial charge in [-0.1, -0.05) is 29.8 Å². The Labute approximate surface area is 157 Å². The summed E-state index contributed by atoms with van der Waals surface area (Å²) in [5.74, 6) is -0.795. The van der Waals surface area contributed by atoms with Gasteiger partial charge in [0.1, 0.15) is 18.2 Å². The molecular formula is C17H13ClN2O3S2. The maximum atomic E-state index is 11.7. The molecule has 0 aliphatic heterocycles. The number of halogens is 1. The fraction of sp³-hybridized carbons (Fsp3) is 0.118. The van der Waals surface area contributed by atoms with Gasteiger partial charge < -0.3 is 10.1 Å². The van der Waals surface area contributed by atoms with E-state index in [9.17, 15) is 9.59 Å². The summed E-state index contributed by atoms with van der Waals surface area (Å²) in [6.45, 7) is -0.108. The number of hydrogen-bond acceptors (Lipinski definition) is 6. The molecule has 25 heavy (non-hydrogen) atoms. The average Bonchev–Trinajstić information content (AvgIpc) is 3.30. The highest BCUT2D eigenvalue weighted by Crippen LogP contribution is 2.25. The van der Waals surface area contributed by atoms with Crippen LogP contribution in [0.15, 0.2) is 47.2 Å². The summed E-state index contributed by atoms with van der Waals surface area (Å²) < 4.78 is 5.14. The van der Waals surface area contributed by atoms with Gasteiger partial charge in [-0.25, -0.2) is 4.98 Å². The fourth-order valence-electron chi connectivity index (χ4n) is 1.95. The highest BCUT2D eigenvalue weighted by atomic mass is 35.5. The number of thiophene rings is 1. The third-order valence-corrected chi connectivity index (χ3v) is 5.22. The van der Waals surface area contributed by atoms with Gasteiger partial charge in [0.25, 0.3) is 5.91 Å². The van der Waals surface area contributed by atoms with Crippen molar-refractivity contribution in [3.63, 3.8) is 0 Å². The summed E-state index contributed by atoms with van der Waals surface area (Å²) in [5.41, 5.74) is 1.61. The lowest BCUT2D eigenvalue weighted by Gasteiger charge is -2.04. The van der Waals surface area contributed by atoms with Gasteiger partial charge in [-0.05, 0) is 23.6 Å². The minimum Gasteiger partial charge on any atom is -0.458 e. The molecule has 1 amide bonds. The van der Waals surface area contributed by atoms with Crippen molar-refractivity contribution in [1.82, 2.24) is 10.3 Å². The number of rotatable bonds is 6. The molecule has 0 aliphatic carbocycles. The van der Waals surface area contributed by atoms with Crippen LogP contribution in [0.3, 0.4) is 0 Å². The molecule has 0 spiro atoms. The van der Waals surface area contributed by atoms with Gasteiger partial charge in [0.2, 0.25) is 0 Å². The largest absolute Gasteiger partial charge is 0.458 e. The molecule has 0 bridgehead atoms. The van der Waals surface area contributed by atoms with E-state index >= 15 is 0 Å². The number of nitrogens with one attached hydrogen (secondary N) is 1. The van der Waals surface area contributed by atoms with Crippen LogP contribution >= 0.6 is 34.3 Å². The van der Waals surface area contributed by atoms with E-state index in [0.717, 1.165) is 10.6 Å². The van der Waals surface area contributed by atoms with Gasteiger partial charge in [0, 0.05) is 16.0 Å². The monoisotopic (exact) mass is 392 g/mol. The first kappa shape index (κ1) is 17.6. The minimum absolute atomic E-state index is 0.0673. The van der Waals surface area contributed by atoms with Crippen LogP contribution in [-0.4, -0.2) is 23.4 Å². The topological polar surface area (TPSA) is 68.3 Å². The molecule has 2 aromatic heterocycles. The number of carbonyl (C=O) groups is 2. The molecule has 2 heterocycles. The van der Waals surface area contributed by atoms with E-state index in [4.69, 9.17) is 16.3 Å². The molecule has 0 saturated heterocycles. The molecular weight excluding hydrogens is 380 g/mol. The number of ether oxygens (including phenoxy) is 1. The van der Waals surface area contributed by atoms with E-state index in [1.807, 2.05) is 17.5 Å². The second-order valence-electron chi connectivity index (χ2n) is 4.97. The molecule has 1 aromatic carbocycles. The zero-order chi connectivity index (χ0) is 17.6. The molecule has 3 rings (SSSR count). The van der Waals surface area contributed by atoms with Crippen molar-refractivity contribution in [2.45, 2.75) is 6.61 Å². The van der Waals surface area contributed by atoms with E-state index in [2.05, 4.69) is 10.3 Å². The molecule has 5 nitrogen and oxygen atoms in total. The third-order valence-electron chi connectivity index (χ3n) is 3.16. The number of aromatic nitrogens is 1. The van der Waals surface area contributed by atoms with E-state index < -0.39 is 5.97 Å². The fourth-order valence-corrected chi connectivity index (χ4v) is 3.53. The molecule has 0 unspecified atom stereocenters. The van der Waals surface area contributed by atoms with Gasteiger partial charge >= 0.3 is 5.97 Å². The van der Waals surface area contributed by atoms with Crippen LogP contribution < -0.4 is 5.32 Å². The van der Waals surface area contributed by atoms with Gasteiger partial charge in [0.05, 0.1) is 10.6 Å². The van der Waals surface area contributed by atoms with Crippen LogP contribution in [0.25, 0.3) is 10.6 Å². The van der Waals surface area contributed by atoms with Crippen molar-refractivity contribution in [2.75, 3.05) is 6.54 Å². The van der Waals surface area contributed by atoms with Crippen LogP contribution in [0.1, 0.15) is 15.4 Å². The first-order valence-corrected chi connectivity index (χ1v) is 9.43.